The molecule has 0 rings (SSSR count). The number of rotatable bonds is 0. The molecule has 0 aromatic rings. The Kier molecular flexibility index (Phi) is 1380. The molecule has 0 aromatic heterocycles. The molecule has 6 heteroatoms. The quantitative estimate of drug-likeness (QED) is 0.386. The summed E-state index contributed by atoms with van der Waals surface area (Å²) in [7, 11) is 0. The summed E-state index contributed by atoms with van der Waals surface area (Å²) >= 11 is 0. The number of hydrogen-bond donors (Lipinski definition) is 0. The molecule has 0 N–H and O–H groups in total. The predicted octanol–water partition coefficient (Wildman–Crippen LogP) is -6.35. The molecule has 0 amide bonds. The van der Waals surface area contributed by atoms with Gasteiger partial charge in [0.25, 0.3) is 0 Å². The summed E-state index contributed by atoms with van der Waals surface area (Å²) in [4.78, 5) is 0. The van der Waals surface area contributed by atoms with Crippen molar-refractivity contribution in [3.63, 3.8) is 0 Å². The molecule has 0 bridgehead atoms. The first kappa shape index (κ1) is 114. The van der Waals surface area contributed by atoms with E-state index in [-0.39, 0.29) is 75.2 Å². The largest absolute Gasteiger partial charge is 4.00 e. The third-order valence-corrected chi connectivity index (χ3v) is 0. The van der Waals surface area contributed by atoms with Crippen LogP contribution in [0, 0.1) is 0 Å². The molecule has 30 valence electrons. The molecule has 0 aromatic carbocycles. The molecule has 6 heavy (non-hydrogen) atoms. The Bertz CT molecular complexity index is 8.75. The van der Waals surface area contributed by atoms with Crippen LogP contribution in [-0.2, 0) is 37.5 Å². The summed E-state index contributed by atoms with van der Waals surface area (Å²) < 4.78 is 0. The molecule has 0 fully saturated rings. The maximum Gasteiger partial charge on any atom is 4.00 e. The van der Waals surface area contributed by atoms with Crippen molar-refractivity contribution in [1.82, 2.24) is 0 Å². The van der Waals surface area contributed by atoms with Gasteiger partial charge in [-0.25, -0.2) is 0 Å². The van der Waals surface area contributed by atoms with Crippen molar-refractivity contribution in [1.29, 1.82) is 0 Å². The zero-order chi connectivity index (χ0) is 0. The van der Waals surface area contributed by atoms with Crippen molar-refractivity contribution in [2.75, 3.05) is 0 Å². The van der Waals surface area contributed by atoms with Gasteiger partial charge in [-0.05, 0) is 0 Å². The fraction of sp³-hybridized carbons (Fsp3) is 0. The summed E-state index contributed by atoms with van der Waals surface area (Å²) in [5.74, 6) is 0. The van der Waals surface area contributed by atoms with Gasteiger partial charge in [0.1, 0.15) is 0 Å². The van der Waals surface area contributed by atoms with Crippen molar-refractivity contribution in [3.05, 3.63) is 0 Å². The van der Waals surface area contributed by atoms with Gasteiger partial charge in [0.2, 0.25) is 0 Å². The van der Waals surface area contributed by atoms with Crippen molar-refractivity contribution in [2.24, 2.45) is 0 Å². The van der Waals surface area contributed by atoms with Crippen LogP contribution in [0.5, 0.6) is 0 Å². The van der Waals surface area contributed by atoms with Crippen molar-refractivity contribution in [3.8, 4) is 0 Å². The Balaban J connectivity index is 0. The second-order valence-electron chi connectivity index (χ2n) is 0. The van der Waals surface area contributed by atoms with E-state index in [1.54, 1.807) is 0 Å². The topological polar surface area (TPSA) is 85.5 Å². The Morgan fingerprint density at radius 2 is 0.500 bits per heavy atom. The summed E-state index contributed by atoms with van der Waals surface area (Å²) in [5, 5.41) is 0. The van der Waals surface area contributed by atoms with Crippen LogP contribution < -0.4 is 37.7 Å². The summed E-state index contributed by atoms with van der Waals surface area (Å²) in [5.41, 5.74) is 0. The van der Waals surface area contributed by atoms with Gasteiger partial charge in [-0.1, -0.05) is 0 Å². The van der Waals surface area contributed by atoms with E-state index in [0.717, 1.165) is 0 Å². The standard InChI is InChI=1S/2Li.3O.Pt/q2*+1;3*-2;+4. The Hall–Kier alpha value is 1.76. The van der Waals surface area contributed by atoms with Gasteiger partial charge in [-0.2, -0.15) is 0 Å². The predicted molar refractivity (Wildman–Crippen MR) is 2.06 cm³/mol. The fourth-order valence-electron chi connectivity index (χ4n) is 0. The third kappa shape index (κ3) is 42.1. The minimum absolute atomic E-state index is 0. The van der Waals surface area contributed by atoms with E-state index in [2.05, 4.69) is 0 Å². The Morgan fingerprint density at radius 1 is 0.500 bits per heavy atom. The van der Waals surface area contributed by atoms with Crippen LogP contribution in [0.2, 0.25) is 0 Å². The summed E-state index contributed by atoms with van der Waals surface area (Å²) in [6.07, 6.45) is 0. The average Bonchev–Trinajstić information content (AvgIpc) is 0. The molecule has 0 atom stereocenters. The van der Waals surface area contributed by atoms with E-state index in [4.69, 9.17) is 0 Å². The van der Waals surface area contributed by atoms with Gasteiger partial charge in [-0.15, -0.1) is 0 Å². The van der Waals surface area contributed by atoms with E-state index in [9.17, 15) is 0 Å². The van der Waals surface area contributed by atoms with Gasteiger partial charge in [0, 0.05) is 0 Å². The van der Waals surface area contributed by atoms with Crippen LogP contribution >= 0.6 is 0 Å². The number of hydrogen-bond acceptors (Lipinski definition) is 0. The smallest absolute Gasteiger partial charge is 2.00 e. The second-order valence-corrected chi connectivity index (χ2v) is 0. The molecule has 3 nitrogen and oxygen atoms in total. The van der Waals surface area contributed by atoms with Gasteiger partial charge in [-0.3, -0.25) is 0 Å². The van der Waals surface area contributed by atoms with Crippen LogP contribution in [0.3, 0.4) is 0 Å². The first-order valence-electron chi connectivity index (χ1n) is 0. The van der Waals surface area contributed by atoms with Gasteiger partial charge >= 0.3 is 58.8 Å². The van der Waals surface area contributed by atoms with Crippen LogP contribution in [0.25, 0.3) is 0 Å². The van der Waals surface area contributed by atoms with E-state index in [0.29, 0.717) is 0 Å². The third-order valence-electron chi connectivity index (χ3n) is 0. The van der Waals surface area contributed by atoms with Gasteiger partial charge in [0.15, 0.2) is 0 Å². The molecule has 0 saturated heterocycles. The van der Waals surface area contributed by atoms with Gasteiger partial charge < -0.3 is 16.4 Å². The second kappa shape index (κ2) is 72.3. The molecule has 0 aliphatic rings. The first-order chi connectivity index (χ1) is 0. The van der Waals surface area contributed by atoms with Crippen molar-refractivity contribution >= 4 is 0 Å². The Labute approximate surface area is 74.8 Å². The summed E-state index contributed by atoms with van der Waals surface area (Å²) in [6.45, 7) is 0. The average molecular weight is 257 g/mol. The SMILES string of the molecule is [Li+].[Li+].[O-2].[O-2].[O-2].[Pt+4]. The molecule has 0 saturated carbocycles. The molecule has 0 aliphatic heterocycles. The molecule has 0 heterocycles. The van der Waals surface area contributed by atoms with E-state index in [1.165, 1.54) is 0 Å². The molecule has 0 radical (unpaired) electrons. The zero-order valence-corrected chi connectivity index (χ0v) is 5.81. The Morgan fingerprint density at radius 3 is 0.500 bits per heavy atom. The maximum absolute atomic E-state index is 0. The van der Waals surface area contributed by atoms with Crippen LogP contribution in [0.1, 0.15) is 0 Å². The molecular formula is Li2O3Pt. The van der Waals surface area contributed by atoms with E-state index in [1.807, 2.05) is 0 Å². The maximum atomic E-state index is 0. The molecular weight excluding hydrogens is 257 g/mol. The zero-order valence-electron chi connectivity index (χ0n) is 3.54. The van der Waals surface area contributed by atoms with Crippen LogP contribution in [0.4, 0.5) is 0 Å². The molecule has 0 aliphatic carbocycles. The van der Waals surface area contributed by atoms with Crippen molar-refractivity contribution in [2.45, 2.75) is 0 Å². The van der Waals surface area contributed by atoms with Crippen molar-refractivity contribution < 1.29 is 75.2 Å². The van der Waals surface area contributed by atoms with Crippen LogP contribution in [0.15, 0.2) is 0 Å². The first-order valence-corrected chi connectivity index (χ1v) is 0. The summed E-state index contributed by atoms with van der Waals surface area (Å²) in [6, 6.07) is 0. The minimum atomic E-state index is 0. The minimum Gasteiger partial charge on any atom is -2.00 e. The monoisotopic (exact) mass is 257 g/mol. The molecule has 0 unspecified atom stereocenters. The molecule has 0 spiro atoms. The fourth-order valence-corrected chi connectivity index (χ4v) is 0. The normalized spacial score (nSPS) is 0. The van der Waals surface area contributed by atoms with E-state index >= 15 is 0 Å². The van der Waals surface area contributed by atoms with E-state index < -0.39 is 0 Å². The van der Waals surface area contributed by atoms with Crippen LogP contribution in [-0.4, -0.2) is 0 Å². The van der Waals surface area contributed by atoms with Gasteiger partial charge in [0.05, 0.1) is 0 Å².